The number of hydrogen-bond acceptors (Lipinski definition) is 3. The van der Waals surface area contributed by atoms with Crippen LogP contribution in [0, 0.1) is 17.8 Å². The number of benzene rings is 1. The van der Waals surface area contributed by atoms with Gasteiger partial charge in [0.2, 0.25) is 5.91 Å². The Labute approximate surface area is 166 Å². The number of nitrogens with zero attached hydrogens (tertiary/aromatic N) is 1. The van der Waals surface area contributed by atoms with E-state index < -0.39 is 0 Å². The lowest BCUT2D eigenvalue weighted by atomic mass is 9.82. The molecule has 1 N–H and O–H groups in total. The molecule has 2 fully saturated rings. The van der Waals surface area contributed by atoms with Crippen LogP contribution < -0.4 is 10.9 Å². The van der Waals surface area contributed by atoms with Gasteiger partial charge in [0.25, 0.3) is 5.56 Å². The van der Waals surface area contributed by atoms with Gasteiger partial charge in [-0.2, -0.15) is 0 Å². The Balaban J connectivity index is 1.54. The standard InChI is InChI=1S/C23H30N2O3/c1-16-5-7-18(8-6-16)22(26)24-21-4-2-3-20-19(21)9-12-25(23(20)27)15-17-10-13-28-14-11-17/h2-4,9,12,16-18H,5-8,10-11,13-15H2,1H3,(H,24,26). The summed E-state index contributed by atoms with van der Waals surface area (Å²) in [5, 5.41) is 4.59. The molecule has 1 saturated carbocycles. The van der Waals surface area contributed by atoms with Crippen LogP contribution in [0.1, 0.15) is 45.4 Å². The number of anilines is 1. The van der Waals surface area contributed by atoms with E-state index in [-0.39, 0.29) is 17.4 Å². The molecule has 150 valence electrons. The zero-order chi connectivity index (χ0) is 19.5. The van der Waals surface area contributed by atoms with E-state index in [0.29, 0.717) is 11.3 Å². The smallest absolute Gasteiger partial charge is 0.258 e. The van der Waals surface area contributed by atoms with Gasteiger partial charge in [0.1, 0.15) is 0 Å². The van der Waals surface area contributed by atoms with Crippen LogP contribution in [0.15, 0.2) is 35.3 Å². The van der Waals surface area contributed by atoms with Gasteiger partial charge < -0.3 is 14.6 Å². The minimum absolute atomic E-state index is 0.0200. The lowest BCUT2D eigenvalue weighted by molar-refractivity contribution is -0.121. The number of carbonyl (C=O) groups is 1. The zero-order valence-corrected chi connectivity index (χ0v) is 16.7. The van der Waals surface area contributed by atoms with Gasteiger partial charge in [-0.15, -0.1) is 0 Å². The van der Waals surface area contributed by atoms with Gasteiger partial charge in [-0.25, -0.2) is 0 Å². The number of amides is 1. The topological polar surface area (TPSA) is 60.3 Å². The molecular formula is C23H30N2O3. The molecule has 0 bridgehead atoms. The van der Waals surface area contributed by atoms with Crippen molar-refractivity contribution in [1.82, 2.24) is 4.57 Å². The molecule has 4 rings (SSSR count). The Morgan fingerprint density at radius 2 is 1.82 bits per heavy atom. The van der Waals surface area contributed by atoms with Crippen LogP contribution in [-0.4, -0.2) is 23.7 Å². The molecule has 0 spiro atoms. The van der Waals surface area contributed by atoms with Crippen molar-refractivity contribution in [2.24, 2.45) is 17.8 Å². The highest BCUT2D eigenvalue weighted by Gasteiger charge is 2.25. The lowest BCUT2D eigenvalue weighted by Crippen LogP contribution is -2.28. The Morgan fingerprint density at radius 1 is 1.07 bits per heavy atom. The second-order valence-corrected chi connectivity index (χ2v) is 8.54. The van der Waals surface area contributed by atoms with Crippen molar-refractivity contribution >= 4 is 22.4 Å². The quantitative estimate of drug-likeness (QED) is 0.862. The fraction of sp³-hybridized carbons (Fsp3) is 0.565. The molecule has 2 aliphatic rings. The maximum Gasteiger partial charge on any atom is 0.258 e. The molecular weight excluding hydrogens is 352 g/mol. The van der Waals surface area contributed by atoms with Crippen molar-refractivity contribution in [3.63, 3.8) is 0 Å². The molecule has 1 aromatic heterocycles. The highest BCUT2D eigenvalue weighted by Crippen LogP contribution is 2.30. The Morgan fingerprint density at radius 3 is 2.57 bits per heavy atom. The van der Waals surface area contributed by atoms with E-state index in [4.69, 9.17) is 4.74 Å². The second kappa shape index (κ2) is 8.48. The van der Waals surface area contributed by atoms with Crippen molar-refractivity contribution < 1.29 is 9.53 Å². The highest BCUT2D eigenvalue weighted by atomic mass is 16.5. The number of carbonyl (C=O) groups excluding carboxylic acids is 1. The van der Waals surface area contributed by atoms with Gasteiger partial charge in [0, 0.05) is 48.3 Å². The fourth-order valence-corrected chi connectivity index (χ4v) is 4.54. The van der Waals surface area contributed by atoms with Gasteiger partial charge >= 0.3 is 0 Å². The number of nitrogens with one attached hydrogen (secondary N) is 1. The summed E-state index contributed by atoms with van der Waals surface area (Å²) in [7, 11) is 0. The van der Waals surface area contributed by atoms with E-state index in [1.807, 2.05) is 35.0 Å². The zero-order valence-electron chi connectivity index (χ0n) is 16.7. The molecule has 5 heteroatoms. The Hall–Kier alpha value is -2.14. The molecule has 2 heterocycles. The monoisotopic (exact) mass is 382 g/mol. The second-order valence-electron chi connectivity index (χ2n) is 8.54. The van der Waals surface area contributed by atoms with Crippen molar-refractivity contribution in [2.45, 2.75) is 52.0 Å². The molecule has 1 aliphatic carbocycles. The minimum Gasteiger partial charge on any atom is -0.381 e. The summed E-state index contributed by atoms with van der Waals surface area (Å²) in [6.45, 7) is 4.55. The molecule has 1 aromatic carbocycles. The van der Waals surface area contributed by atoms with Gasteiger partial charge in [-0.1, -0.05) is 13.0 Å². The SMILES string of the molecule is CC1CCC(C(=O)Nc2cccc3c(=O)n(CC4CCOCC4)ccc23)CC1. The number of hydrogen-bond donors (Lipinski definition) is 1. The lowest BCUT2D eigenvalue weighted by Gasteiger charge is -2.25. The van der Waals surface area contributed by atoms with E-state index in [1.54, 1.807) is 0 Å². The first-order valence-corrected chi connectivity index (χ1v) is 10.6. The summed E-state index contributed by atoms with van der Waals surface area (Å²) in [6.07, 6.45) is 8.01. The molecule has 5 nitrogen and oxygen atoms in total. The number of aromatic nitrogens is 1. The highest BCUT2D eigenvalue weighted by molar-refractivity contribution is 6.02. The molecule has 0 unspecified atom stereocenters. The van der Waals surface area contributed by atoms with Crippen LogP contribution in [0.2, 0.25) is 0 Å². The summed E-state index contributed by atoms with van der Waals surface area (Å²) in [4.78, 5) is 25.7. The number of pyridine rings is 1. The Kier molecular flexibility index (Phi) is 5.81. The molecule has 28 heavy (non-hydrogen) atoms. The third-order valence-corrected chi connectivity index (χ3v) is 6.46. The summed E-state index contributed by atoms with van der Waals surface area (Å²) >= 11 is 0. The van der Waals surface area contributed by atoms with E-state index >= 15 is 0 Å². The normalized spacial score (nSPS) is 23.6. The van der Waals surface area contributed by atoms with Crippen molar-refractivity contribution in [3.8, 4) is 0 Å². The van der Waals surface area contributed by atoms with Crippen LogP contribution in [0.5, 0.6) is 0 Å². The molecule has 1 saturated heterocycles. The van der Waals surface area contributed by atoms with Crippen molar-refractivity contribution in [3.05, 3.63) is 40.8 Å². The average Bonchev–Trinajstić information content (AvgIpc) is 2.72. The van der Waals surface area contributed by atoms with Gasteiger partial charge in [0.05, 0.1) is 0 Å². The van der Waals surface area contributed by atoms with Crippen molar-refractivity contribution in [1.29, 1.82) is 0 Å². The van der Waals surface area contributed by atoms with Gasteiger partial charge in [-0.05, 0) is 68.6 Å². The fourth-order valence-electron chi connectivity index (χ4n) is 4.54. The third kappa shape index (κ3) is 4.14. The number of fused-ring (bicyclic) bond motifs is 1. The molecule has 1 aliphatic heterocycles. The van der Waals surface area contributed by atoms with Crippen LogP contribution in [0.4, 0.5) is 5.69 Å². The molecule has 1 amide bonds. The average molecular weight is 383 g/mol. The maximum atomic E-state index is 13.0. The predicted molar refractivity (Wildman–Crippen MR) is 112 cm³/mol. The summed E-state index contributed by atoms with van der Waals surface area (Å²) in [5.74, 6) is 1.38. The van der Waals surface area contributed by atoms with Crippen LogP contribution in [0.3, 0.4) is 0 Å². The minimum atomic E-state index is 0.0200. The van der Waals surface area contributed by atoms with Crippen LogP contribution in [0.25, 0.3) is 10.8 Å². The van der Waals surface area contributed by atoms with E-state index in [0.717, 1.165) is 75.3 Å². The molecule has 2 aromatic rings. The van der Waals surface area contributed by atoms with Gasteiger partial charge in [-0.3, -0.25) is 9.59 Å². The number of ether oxygens (including phenoxy) is 1. The van der Waals surface area contributed by atoms with E-state index in [9.17, 15) is 9.59 Å². The third-order valence-electron chi connectivity index (χ3n) is 6.46. The largest absolute Gasteiger partial charge is 0.381 e. The Bertz CT molecular complexity index is 890. The van der Waals surface area contributed by atoms with E-state index in [2.05, 4.69) is 12.2 Å². The van der Waals surface area contributed by atoms with Gasteiger partial charge in [0.15, 0.2) is 0 Å². The summed E-state index contributed by atoms with van der Waals surface area (Å²) < 4.78 is 7.23. The van der Waals surface area contributed by atoms with Crippen LogP contribution in [-0.2, 0) is 16.1 Å². The first kappa shape index (κ1) is 19.2. The first-order chi connectivity index (χ1) is 13.6. The molecule has 0 atom stereocenters. The predicted octanol–water partition coefficient (Wildman–Crippen LogP) is 4.19. The number of rotatable bonds is 4. The summed E-state index contributed by atoms with van der Waals surface area (Å²) in [6, 6.07) is 7.58. The molecule has 0 radical (unpaired) electrons. The first-order valence-electron chi connectivity index (χ1n) is 10.6. The van der Waals surface area contributed by atoms with Crippen molar-refractivity contribution in [2.75, 3.05) is 18.5 Å². The van der Waals surface area contributed by atoms with Crippen LogP contribution >= 0.6 is 0 Å². The summed E-state index contributed by atoms with van der Waals surface area (Å²) in [5.41, 5.74) is 0.767. The maximum absolute atomic E-state index is 13.0. The van der Waals surface area contributed by atoms with E-state index in [1.165, 1.54) is 0 Å².